The van der Waals surface area contributed by atoms with Crippen LogP contribution in [0.1, 0.15) is 60.8 Å². The van der Waals surface area contributed by atoms with Gasteiger partial charge in [-0.2, -0.15) is 0 Å². The van der Waals surface area contributed by atoms with Crippen LogP contribution in [-0.4, -0.2) is 50.1 Å². The number of hydrogen-bond donors (Lipinski definition) is 2. The number of carbonyl (C=O) groups is 4. The van der Waals surface area contributed by atoms with E-state index in [-0.39, 0.29) is 23.4 Å². The molecule has 8 nitrogen and oxygen atoms in total. The molecule has 162 valence electrons. The van der Waals surface area contributed by atoms with E-state index < -0.39 is 29.7 Å². The maximum Gasteiger partial charge on any atom is 0.407 e. The number of ketones is 2. The summed E-state index contributed by atoms with van der Waals surface area (Å²) in [6, 6.07) is -1.34. The summed E-state index contributed by atoms with van der Waals surface area (Å²) >= 11 is 0. The molecule has 0 saturated heterocycles. The van der Waals surface area contributed by atoms with Crippen molar-refractivity contribution in [2.75, 3.05) is 14.2 Å². The van der Waals surface area contributed by atoms with Gasteiger partial charge in [0.05, 0.1) is 26.3 Å². The summed E-state index contributed by atoms with van der Waals surface area (Å²) in [6.07, 6.45) is 0.200. The van der Waals surface area contributed by atoms with E-state index in [9.17, 15) is 19.2 Å². The fraction of sp³-hybridized carbons (Fsp3) is 0.800. The van der Waals surface area contributed by atoms with Gasteiger partial charge in [-0.25, -0.2) is 9.59 Å². The van der Waals surface area contributed by atoms with E-state index in [2.05, 4.69) is 20.1 Å². The molecule has 0 aliphatic heterocycles. The van der Waals surface area contributed by atoms with E-state index >= 15 is 0 Å². The Bertz CT molecular complexity index is 553. The van der Waals surface area contributed by atoms with Crippen molar-refractivity contribution in [2.45, 2.75) is 72.9 Å². The minimum absolute atomic E-state index is 0.0793. The average molecular weight is 401 g/mol. The lowest BCUT2D eigenvalue weighted by atomic mass is 9.79. The van der Waals surface area contributed by atoms with Gasteiger partial charge in [0.2, 0.25) is 0 Å². The van der Waals surface area contributed by atoms with Crippen molar-refractivity contribution in [1.82, 2.24) is 10.6 Å². The van der Waals surface area contributed by atoms with Crippen LogP contribution < -0.4 is 10.6 Å². The lowest BCUT2D eigenvalue weighted by Gasteiger charge is -2.31. The Morgan fingerprint density at radius 3 is 1.75 bits per heavy atom. The predicted molar refractivity (Wildman–Crippen MR) is 106 cm³/mol. The first-order valence-corrected chi connectivity index (χ1v) is 9.61. The van der Waals surface area contributed by atoms with Gasteiger partial charge in [-0.1, -0.05) is 48.0 Å². The van der Waals surface area contributed by atoms with Gasteiger partial charge in [-0.3, -0.25) is 9.59 Å². The van der Waals surface area contributed by atoms with Crippen LogP contribution in [-0.2, 0) is 19.1 Å². The van der Waals surface area contributed by atoms with Crippen molar-refractivity contribution in [3.63, 3.8) is 0 Å². The largest absolute Gasteiger partial charge is 0.453 e. The first-order valence-electron chi connectivity index (χ1n) is 9.61. The topological polar surface area (TPSA) is 111 Å². The molecule has 3 atom stereocenters. The summed E-state index contributed by atoms with van der Waals surface area (Å²) in [4.78, 5) is 48.2. The molecule has 2 amide bonds. The molecule has 0 aromatic rings. The molecule has 0 fully saturated rings. The molecule has 0 spiro atoms. The second kappa shape index (κ2) is 11.7. The third-order valence-corrected chi connectivity index (χ3v) is 4.60. The first-order chi connectivity index (χ1) is 12.8. The molecule has 0 radical (unpaired) electrons. The molecule has 0 saturated carbocycles. The zero-order valence-electron chi connectivity index (χ0n) is 18.4. The third-order valence-electron chi connectivity index (χ3n) is 4.60. The Hall–Kier alpha value is -2.12. The molecule has 8 heteroatoms. The lowest BCUT2D eigenvalue weighted by molar-refractivity contribution is -0.127. The van der Waals surface area contributed by atoms with Crippen LogP contribution in [0.25, 0.3) is 0 Å². The maximum absolute atomic E-state index is 12.9. The lowest BCUT2D eigenvalue weighted by Crippen LogP contribution is -2.50. The number of amides is 2. The Balaban J connectivity index is 4.95. The highest BCUT2D eigenvalue weighted by atomic mass is 16.5. The molecule has 0 rings (SSSR count). The number of ether oxygens (including phenoxy) is 2. The van der Waals surface area contributed by atoms with Crippen LogP contribution in [0.3, 0.4) is 0 Å². The van der Waals surface area contributed by atoms with E-state index in [0.717, 1.165) is 0 Å². The minimum Gasteiger partial charge on any atom is -0.453 e. The van der Waals surface area contributed by atoms with Gasteiger partial charge in [0.1, 0.15) is 0 Å². The molecule has 3 unspecified atom stereocenters. The van der Waals surface area contributed by atoms with E-state index in [4.69, 9.17) is 0 Å². The summed E-state index contributed by atoms with van der Waals surface area (Å²) in [5, 5.41) is 5.18. The van der Waals surface area contributed by atoms with Crippen molar-refractivity contribution in [1.29, 1.82) is 0 Å². The van der Waals surface area contributed by atoms with Gasteiger partial charge in [-0.05, 0) is 18.3 Å². The molecule has 0 aromatic heterocycles. The average Bonchev–Trinajstić information content (AvgIpc) is 2.62. The normalized spacial score (nSPS) is 14.6. The van der Waals surface area contributed by atoms with Gasteiger partial charge < -0.3 is 20.1 Å². The monoisotopic (exact) mass is 400 g/mol. The number of nitrogens with one attached hydrogen (secondary N) is 2. The summed E-state index contributed by atoms with van der Waals surface area (Å²) in [6.45, 7) is 11.0. The van der Waals surface area contributed by atoms with Crippen LogP contribution in [0.5, 0.6) is 0 Å². The highest BCUT2D eigenvalue weighted by Gasteiger charge is 2.35. The molecule has 0 bridgehead atoms. The number of Topliss-reactive ketones (excluding diaryl/α,β-unsaturated/α-hetero) is 2. The fourth-order valence-electron chi connectivity index (χ4n) is 2.84. The molecule has 0 heterocycles. The van der Waals surface area contributed by atoms with Crippen molar-refractivity contribution in [3.8, 4) is 0 Å². The molecular weight excluding hydrogens is 364 g/mol. The van der Waals surface area contributed by atoms with Gasteiger partial charge in [0.25, 0.3) is 0 Å². The Kier molecular flexibility index (Phi) is 10.8. The smallest absolute Gasteiger partial charge is 0.407 e. The van der Waals surface area contributed by atoms with Crippen LogP contribution in [0.15, 0.2) is 0 Å². The van der Waals surface area contributed by atoms with E-state index in [1.807, 2.05) is 20.8 Å². The van der Waals surface area contributed by atoms with Gasteiger partial charge in [0.15, 0.2) is 11.6 Å². The fourth-order valence-corrected chi connectivity index (χ4v) is 2.84. The summed E-state index contributed by atoms with van der Waals surface area (Å²) in [7, 11) is 2.50. The van der Waals surface area contributed by atoms with Crippen LogP contribution >= 0.6 is 0 Å². The minimum atomic E-state index is -0.684. The Morgan fingerprint density at radius 2 is 1.32 bits per heavy atom. The van der Waals surface area contributed by atoms with Gasteiger partial charge in [-0.15, -0.1) is 0 Å². The zero-order valence-corrected chi connectivity index (χ0v) is 18.4. The third kappa shape index (κ3) is 8.71. The molecule has 0 aliphatic carbocycles. The number of carbonyl (C=O) groups excluding carboxylic acids is 4. The first kappa shape index (κ1) is 25.9. The molecule has 0 aliphatic rings. The van der Waals surface area contributed by atoms with Crippen molar-refractivity contribution in [3.05, 3.63) is 0 Å². The van der Waals surface area contributed by atoms with Gasteiger partial charge >= 0.3 is 12.2 Å². The van der Waals surface area contributed by atoms with Gasteiger partial charge in [0, 0.05) is 11.8 Å². The van der Waals surface area contributed by atoms with E-state index in [1.54, 1.807) is 20.8 Å². The second-order valence-electron chi connectivity index (χ2n) is 8.41. The van der Waals surface area contributed by atoms with E-state index in [0.29, 0.717) is 19.3 Å². The summed E-state index contributed by atoms with van der Waals surface area (Å²) in [5.41, 5.74) is -0.470. The zero-order chi connectivity index (χ0) is 22.1. The number of alkyl carbamates (subject to hydrolysis) is 2. The standard InChI is InChI=1S/C20H36N2O6/c1-12(2)15(23)14(21-18(25)27-7)11-9-10-13(3)16(24)17(20(4,5)6)22-19(26)28-8/h12-14,17H,9-11H2,1-8H3,(H,21,25)(H,22,26). The SMILES string of the molecule is COC(=O)NC(CCCC(C)C(=O)C(NC(=O)OC)C(C)(C)C)C(=O)C(C)C. The van der Waals surface area contributed by atoms with E-state index in [1.165, 1.54) is 14.2 Å². The summed E-state index contributed by atoms with van der Waals surface area (Å²) in [5.74, 6) is -0.722. The highest BCUT2D eigenvalue weighted by Crippen LogP contribution is 2.25. The second-order valence-corrected chi connectivity index (χ2v) is 8.41. The number of rotatable bonds is 10. The van der Waals surface area contributed by atoms with Crippen LogP contribution in [0.2, 0.25) is 0 Å². The molecule has 2 N–H and O–H groups in total. The number of methoxy groups -OCH3 is 2. The molecule has 28 heavy (non-hydrogen) atoms. The quantitative estimate of drug-likeness (QED) is 0.583. The predicted octanol–water partition coefficient (Wildman–Crippen LogP) is 3.08. The Morgan fingerprint density at radius 1 is 0.821 bits per heavy atom. The molecular formula is C20H36N2O6. The van der Waals surface area contributed by atoms with Crippen LogP contribution in [0.4, 0.5) is 9.59 Å². The maximum atomic E-state index is 12.9. The molecule has 0 aromatic carbocycles. The van der Waals surface area contributed by atoms with Crippen molar-refractivity contribution >= 4 is 23.8 Å². The van der Waals surface area contributed by atoms with Crippen molar-refractivity contribution in [2.24, 2.45) is 17.3 Å². The van der Waals surface area contributed by atoms with Crippen molar-refractivity contribution < 1.29 is 28.7 Å². The highest BCUT2D eigenvalue weighted by molar-refractivity contribution is 5.90. The summed E-state index contributed by atoms with van der Waals surface area (Å²) < 4.78 is 9.21. The van der Waals surface area contributed by atoms with Crippen LogP contribution in [0, 0.1) is 17.3 Å². The number of hydrogen-bond acceptors (Lipinski definition) is 6. The Labute approximate surface area is 168 Å².